The number of likely N-dealkylation sites (N-methyl/N-ethyl adjacent to an activating group) is 1. The van der Waals surface area contributed by atoms with Crippen LogP contribution in [0.5, 0.6) is 0 Å². The molecular weight excluding hydrogens is 577 g/mol. The summed E-state index contributed by atoms with van der Waals surface area (Å²) in [4.78, 5) is 72.0. The quantitative estimate of drug-likeness (QED) is 0.447. The Morgan fingerprint density at radius 3 is 2.13 bits per heavy atom. The number of ketones is 1. The number of carboxylic acid groups (broad SMARTS) is 1. The van der Waals surface area contributed by atoms with E-state index in [4.69, 9.17) is 0 Å². The lowest BCUT2D eigenvalue weighted by Gasteiger charge is -2.58. The first kappa shape index (κ1) is 30.9. The zero-order valence-corrected chi connectivity index (χ0v) is 25.8. The maximum absolute atomic E-state index is 15.1. The highest BCUT2D eigenvalue weighted by Gasteiger charge is 2.54. The zero-order chi connectivity index (χ0) is 32.0. The van der Waals surface area contributed by atoms with Gasteiger partial charge < -0.3 is 14.9 Å². The van der Waals surface area contributed by atoms with Crippen LogP contribution >= 0.6 is 0 Å². The molecule has 10 heteroatoms. The molecule has 2 aromatic carbocycles. The standard InChI is InChI=1S/C35H40FN3O6/c1-3-37(34(44)45)32(42)29-15-31(41)26-9-5-7-11-28(26)38(20-25-8-4-6-10-27(25)36)33(43)30(39(29)21(2)40)19-35-16-22-12-23(17-35)14-24(13-22)18-35/h4-11,22-24,29-30H,3,12-20H2,1-2H3,(H,44,45)/t22?,23?,24?,29-,30+,35?/m0/s1. The van der Waals surface area contributed by atoms with E-state index in [1.807, 2.05) is 0 Å². The molecule has 9 nitrogen and oxygen atoms in total. The Kier molecular flexibility index (Phi) is 8.26. The summed E-state index contributed by atoms with van der Waals surface area (Å²) in [5.41, 5.74) is 0.436. The minimum absolute atomic E-state index is 0.150. The van der Waals surface area contributed by atoms with Crippen molar-refractivity contribution in [2.75, 3.05) is 11.4 Å². The highest BCUT2D eigenvalue weighted by molar-refractivity contribution is 6.11. The first-order valence-corrected chi connectivity index (χ1v) is 16.0. The topological polar surface area (TPSA) is 115 Å². The average molecular weight is 618 g/mol. The third kappa shape index (κ3) is 5.75. The summed E-state index contributed by atoms with van der Waals surface area (Å²) >= 11 is 0. The lowest BCUT2D eigenvalue weighted by atomic mass is 9.48. The van der Waals surface area contributed by atoms with Crippen LogP contribution in [0.15, 0.2) is 48.5 Å². The molecule has 45 heavy (non-hydrogen) atoms. The number of benzene rings is 2. The Hall–Kier alpha value is -4.08. The molecule has 2 aromatic rings. The van der Waals surface area contributed by atoms with Gasteiger partial charge in [-0.2, -0.15) is 0 Å². The Labute approximate surface area is 262 Å². The molecule has 4 saturated carbocycles. The summed E-state index contributed by atoms with van der Waals surface area (Å²) in [7, 11) is 0. The van der Waals surface area contributed by atoms with Gasteiger partial charge in [-0.15, -0.1) is 0 Å². The fourth-order valence-corrected chi connectivity index (χ4v) is 9.27. The molecule has 2 atom stereocenters. The van der Waals surface area contributed by atoms with Crippen molar-refractivity contribution < 1.29 is 33.5 Å². The fourth-order valence-electron chi connectivity index (χ4n) is 9.27. The van der Waals surface area contributed by atoms with Gasteiger partial charge in [0, 0.05) is 31.0 Å². The van der Waals surface area contributed by atoms with Crippen molar-refractivity contribution in [2.45, 2.75) is 83.8 Å². The molecule has 0 unspecified atom stereocenters. The third-order valence-electron chi connectivity index (χ3n) is 10.6. The Bertz CT molecular complexity index is 1510. The van der Waals surface area contributed by atoms with E-state index < -0.39 is 53.9 Å². The van der Waals surface area contributed by atoms with Crippen molar-refractivity contribution in [2.24, 2.45) is 23.2 Å². The van der Waals surface area contributed by atoms with Crippen LogP contribution in [-0.4, -0.2) is 63.1 Å². The normalized spacial score (nSPS) is 29.1. The number of amides is 4. The van der Waals surface area contributed by atoms with Crippen LogP contribution in [0.25, 0.3) is 0 Å². The predicted octanol–water partition coefficient (Wildman–Crippen LogP) is 5.66. The van der Waals surface area contributed by atoms with Crippen molar-refractivity contribution >= 4 is 35.3 Å². The van der Waals surface area contributed by atoms with Crippen LogP contribution in [0.4, 0.5) is 14.9 Å². The number of Topliss-reactive ketones (excluding diaryl/α,β-unsaturated/α-hetero) is 1. The molecule has 0 aromatic heterocycles. The van der Waals surface area contributed by atoms with Crippen molar-refractivity contribution in [1.82, 2.24) is 9.80 Å². The van der Waals surface area contributed by atoms with Gasteiger partial charge in [0.05, 0.1) is 12.2 Å². The number of carbonyl (C=O) groups is 5. The van der Waals surface area contributed by atoms with Crippen LogP contribution < -0.4 is 4.90 Å². The molecule has 1 N–H and O–H groups in total. The van der Waals surface area contributed by atoms with Gasteiger partial charge in [0.2, 0.25) is 11.8 Å². The number of nitrogens with zero attached hydrogens (tertiary/aromatic N) is 3. The summed E-state index contributed by atoms with van der Waals surface area (Å²) in [6, 6.07) is 9.96. The number of hydrogen-bond donors (Lipinski definition) is 1. The Morgan fingerprint density at radius 1 is 0.956 bits per heavy atom. The predicted molar refractivity (Wildman–Crippen MR) is 164 cm³/mol. The van der Waals surface area contributed by atoms with E-state index in [0.717, 1.165) is 19.3 Å². The van der Waals surface area contributed by atoms with Crippen molar-refractivity contribution in [1.29, 1.82) is 0 Å². The first-order chi connectivity index (χ1) is 21.5. The van der Waals surface area contributed by atoms with Crippen LogP contribution in [0.2, 0.25) is 0 Å². The summed E-state index contributed by atoms with van der Waals surface area (Å²) in [6.07, 6.45) is 4.58. The van der Waals surface area contributed by atoms with E-state index in [2.05, 4.69) is 0 Å². The van der Waals surface area contributed by atoms with Gasteiger partial charge in [0.25, 0.3) is 5.91 Å². The van der Waals surface area contributed by atoms with Gasteiger partial charge in [-0.05, 0) is 93.2 Å². The monoisotopic (exact) mass is 617 g/mol. The summed E-state index contributed by atoms with van der Waals surface area (Å²) in [6.45, 7) is 2.39. The van der Waals surface area contributed by atoms with Crippen LogP contribution in [0, 0.1) is 29.0 Å². The largest absolute Gasteiger partial charge is 0.465 e. The van der Waals surface area contributed by atoms with E-state index >= 15 is 9.18 Å². The average Bonchev–Trinajstić information content (AvgIpc) is 3.01. The van der Waals surface area contributed by atoms with Gasteiger partial charge in [0.1, 0.15) is 17.9 Å². The van der Waals surface area contributed by atoms with E-state index in [-0.39, 0.29) is 35.3 Å². The van der Waals surface area contributed by atoms with E-state index in [1.54, 1.807) is 42.5 Å². The molecule has 5 aliphatic rings. The lowest BCUT2D eigenvalue weighted by molar-refractivity contribution is -0.152. The molecule has 1 heterocycles. The molecule has 1 aliphatic heterocycles. The number of carbonyl (C=O) groups excluding carboxylic acids is 4. The maximum Gasteiger partial charge on any atom is 0.414 e. The number of para-hydroxylation sites is 1. The molecular formula is C35H40FN3O6. The number of anilines is 1. The van der Waals surface area contributed by atoms with Gasteiger partial charge in [-0.1, -0.05) is 30.3 Å². The number of fused-ring (bicyclic) bond motifs is 1. The summed E-state index contributed by atoms with van der Waals surface area (Å²) < 4.78 is 15.1. The van der Waals surface area contributed by atoms with Gasteiger partial charge in [-0.25, -0.2) is 14.1 Å². The first-order valence-electron chi connectivity index (χ1n) is 16.0. The number of imide groups is 1. The highest BCUT2D eigenvalue weighted by atomic mass is 19.1. The molecule has 4 aliphatic carbocycles. The molecule has 0 saturated heterocycles. The Morgan fingerprint density at radius 2 is 1.56 bits per heavy atom. The minimum Gasteiger partial charge on any atom is -0.465 e. The summed E-state index contributed by atoms with van der Waals surface area (Å²) in [5.74, 6) is -1.41. The second-order valence-corrected chi connectivity index (χ2v) is 13.6. The second-order valence-electron chi connectivity index (χ2n) is 13.6. The number of rotatable bonds is 6. The fraction of sp³-hybridized carbons (Fsp3) is 0.514. The second kappa shape index (κ2) is 12.0. The van der Waals surface area contributed by atoms with E-state index in [0.29, 0.717) is 29.1 Å². The SMILES string of the molecule is CCN(C(=O)O)C(=O)[C@@H]1CC(=O)c2ccccc2N(Cc2ccccc2F)C(=O)[C@@H](CC23CC4CC(CC(C4)C2)C3)N1C(C)=O. The van der Waals surface area contributed by atoms with Gasteiger partial charge in [-0.3, -0.25) is 19.2 Å². The Balaban J connectivity index is 1.52. The molecule has 0 spiro atoms. The maximum atomic E-state index is 15.1. The van der Waals surface area contributed by atoms with Crippen LogP contribution in [0.3, 0.4) is 0 Å². The number of halogens is 1. The van der Waals surface area contributed by atoms with E-state index in [9.17, 15) is 24.3 Å². The van der Waals surface area contributed by atoms with E-state index in [1.165, 1.54) is 49.0 Å². The minimum atomic E-state index is -1.50. The molecule has 4 bridgehead atoms. The molecule has 4 amide bonds. The molecule has 238 valence electrons. The summed E-state index contributed by atoms with van der Waals surface area (Å²) in [5, 5.41) is 9.87. The highest BCUT2D eigenvalue weighted by Crippen LogP contribution is 2.62. The smallest absolute Gasteiger partial charge is 0.414 e. The lowest BCUT2D eigenvalue weighted by Crippen LogP contribution is -2.61. The van der Waals surface area contributed by atoms with Gasteiger partial charge >= 0.3 is 6.09 Å². The van der Waals surface area contributed by atoms with Crippen molar-refractivity contribution in [3.8, 4) is 0 Å². The molecule has 0 radical (unpaired) electrons. The molecule has 4 fully saturated rings. The zero-order valence-electron chi connectivity index (χ0n) is 25.8. The van der Waals surface area contributed by atoms with Crippen LogP contribution in [0.1, 0.15) is 81.1 Å². The van der Waals surface area contributed by atoms with Crippen molar-refractivity contribution in [3.63, 3.8) is 0 Å². The van der Waals surface area contributed by atoms with Crippen molar-refractivity contribution in [3.05, 3.63) is 65.5 Å². The number of hydrogen-bond acceptors (Lipinski definition) is 5. The van der Waals surface area contributed by atoms with Crippen LogP contribution in [-0.2, 0) is 20.9 Å². The molecule has 7 rings (SSSR count). The third-order valence-corrected chi connectivity index (χ3v) is 10.6. The van der Waals surface area contributed by atoms with Gasteiger partial charge in [0.15, 0.2) is 5.78 Å².